The summed E-state index contributed by atoms with van der Waals surface area (Å²) in [5, 5.41) is 2.87. The maximum absolute atomic E-state index is 12.1. The molecule has 0 atom stereocenters. The molecule has 0 radical (unpaired) electrons. The van der Waals surface area contributed by atoms with Gasteiger partial charge in [0.1, 0.15) is 5.75 Å². The van der Waals surface area contributed by atoms with Gasteiger partial charge in [-0.05, 0) is 49.3 Å². The molecule has 1 aromatic rings. The molecule has 3 nitrogen and oxygen atoms in total. The molecule has 1 amide bonds. The van der Waals surface area contributed by atoms with E-state index in [0.717, 1.165) is 17.9 Å². The van der Waals surface area contributed by atoms with Gasteiger partial charge in [-0.1, -0.05) is 31.6 Å². The van der Waals surface area contributed by atoms with E-state index in [1.165, 1.54) is 24.0 Å². The van der Waals surface area contributed by atoms with E-state index >= 15 is 0 Å². The van der Waals surface area contributed by atoms with E-state index in [1.54, 1.807) is 19.3 Å². The second-order valence-electron chi connectivity index (χ2n) is 6.49. The summed E-state index contributed by atoms with van der Waals surface area (Å²) in [5.41, 5.74) is 3.57. The largest absolute Gasteiger partial charge is 0.497 e. The van der Waals surface area contributed by atoms with Crippen LogP contribution < -0.4 is 10.1 Å². The van der Waals surface area contributed by atoms with Crippen molar-refractivity contribution in [2.24, 2.45) is 5.41 Å². The van der Waals surface area contributed by atoms with Gasteiger partial charge in [0.2, 0.25) is 5.91 Å². The highest BCUT2D eigenvalue weighted by Crippen LogP contribution is 2.40. The quantitative estimate of drug-likeness (QED) is 0.817. The molecule has 0 saturated heterocycles. The maximum Gasteiger partial charge on any atom is 0.248 e. The van der Waals surface area contributed by atoms with E-state index in [0.29, 0.717) is 0 Å². The zero-order valence-corrected chi connectivity index (χ0v) is 13.9. The van der Waals surface area contributed by atoms with Crippen molar-refractivity contribution < 1.29 is 9.53 Å². The summed E-state index contributed by atoms with van der Waals surface area (Å²) in [7, 11) is 1.61. The molecule has 0 spiro atoms. The van der Waals surface area contributed by atoms with E-state index < -0.39 is 0 Å². The van der Waals surface area contributed by atoms with Gasteiger partial charge in [-0.3, -0.25) is 4.79 Å². The van der Waals surface area contributed by atoms with Gasteiger partial charge in [0.05, 0.1) is 7.11 Å². The summed E-state index contributed by atoms with van der Waals surface area (Å²) in [6.07, 6.45) is 7.13. The Labute approximate surface area is 133 Å². The van der Waals surface area contributed by atoms with E-state index in [1.807, 2.05) is 24.3 Å². The average Bonchev–Trinajstić information content (AvgIpc) is 2.46. The average molecular weight is 299 g/mol. The van der Waals surface area contributed by atoms with Crippen LogP contribution in [-0.4, -0.2) is 13.0 Å². The lowest BCUT2D eigenvalue weighted by Gasteiger charge is -2.32. The van der Waals surface area contributed by atoms with Crippen LogP contribution in [0.15, 0.2) is 47.6 Å². The lowest BCUT2D eigenvalue weighted by Crippen LogP contribution is -2.19. The van der Waals surface area contributed by atoms with Gasteiger partial charge in [-0.15, -0.1) is 0 Å². The second-order valence-corrected chi connectivity index (χ2v) is 6.49. The second kappa shape index (κ2) is 6.82. The minimum atomic E-state index is -0.116. The third-order valence-electron chi connectivity index (χ3n) is 4.28. The number of hydrogen-bond donors (Lipinski definition) is 1. The third-order valence-corrected chi connectivity index (χ3v) is 4.28. The van der Waals surface area contributed by atoms with Crippen molar-refractivity contribution in [3.8, 4) is 5.75 Å². The fraction of sp³-hybridized carbons (Fsp3) is 0.421. The van der Waals surface area contributed by atoms with Crippen LogP contribution in [0.3, 0.4) is 0 Å². The number of amides is 1. The van der Waals surface area contributed by atoms with Crippen molar-refractivity contribution in [1.29, 1.82) is 0 Å². The van der Waals surface area contributed by atoms with Gasteiger partial charge in [-0.25, -0.2) is 0 Å². The van der Waals surface area contributed by atoms with Gasteiger partial charge in [0, 0.05) is 17.8 Å². The first-order valence-corrected chi connectivity index (χ1v) is 7.76. The number of ether oxygens (including phenoxy) is 1. The van der Waals surface area contributed by atoms with Gasteiger partial charge in [0.25, 0.3) is 0 Å². The standard InChI is InChI=1S/C19H25NO2/c1-14-7-6-12-19(2,3)17(14)10-11-18(21)20-15-8-5-9-16(13-15)22-4/h5,8-11,13H,6-7,12H2,1-4H3,(H,20,21)/b11-10+. The topological polar surface area (TPSA) is 38.3 Å². The SMILES string of the molecule is COc1cccc(NC(=O)/C=C/C2=C(C)CCCC2(C)C)c1. The fourth-order valence-electron chi connectivity index (χ4n) is 3.05. The lowest BCUT2D eigenvalue weighted by molar-refractivity contribution is -0.111. The summed E-state index contributed by atoms with van der Waals surface area (Å²) in [6, 6.07) is 7.36. The molecular formula is C19H25NO2. The Balaban J connectivity index is 2.08. The molecule has 1 aliphatic carbocycles. The predicted molar refractivity (Wildman–Crippen MR) is 91.1 cm³/mol. The first-order chi connectivity index (χ1) is 10.4. The first-order valence-electron chi connectivity index (χ1n) is 7.76. The minimum absolute atomic E-state index is 0.116. The molecule has 0 bridgehead atoms. The summed E-state index contributed by atoms with van der Waals surface area (Å²) in [4.78, 5) is 12.1. The van der Waals surface area contributed by atoms with Crippen LogP contribution in [0.1, 0.15) is 40.0 Å². The first kappa shape index (κ1) is 16.3. The zero-order chi connectivity index (χ0) is 16.2. The number of carbonyl (C=O) groups is 1. The Morgan fingerprint density at radius 3 is 2.82 bits per heavy atom. The summed E-state index contributed by atoms with van der Waals surface area (Å²) in [6.45, 7) is 6.66. The van der Waals surface area contributed by atoms with Gasteiger partial charge in [-0.2, -0.15) is 0 Å². The molecular weight excluding hydrogens is 274 g/mol. The Bertz CT molecular complexity index is 612. The van der Waals surface area contributed by atoms with Crippen molar-refractivity contribution in [3.05, 3.63) is 47.6 Å². The lowest BCUT2D eigenvalue weighted by atomic mass is 9.72. The predicted octanol–water partition coefficient (Wildman–Crippen LogP) is 4.72. The molecule has 2 rings (SSSR count). The summed E-state index contributed by atoms with van der Waals surface area (Å²) in [5.74, 6) is 0.615. The molecule has 0 fully saturated rings. The molecule has 22 heavy (non-hydrogen) atoms. The number of anilines is 1. The highest BCUT2D eigenvalue weighted by atomic mass is 16.5. The highest BCUT2D eigenvalue weighted by molar-refractivity contribution is 5.99. The zero-order valence-electron chi connectivity index (χ0n) is 13.9. The van der Waals surface area contributed by atoms with E-state index in [-0.39, 0.29) is 11.3 Å². The molecule has 0 aliphatic heterocycles. The molecule has 0 unspecified atom stereocenters. The van der Waals surface area contributed by atoms with Crippen LogP contribution in [0.25, 0.3) is 0 Å². The Morgan fingerprint density at radius 2 is 2.14 bits per heavy atom. The molecule has 3 heteroatoms. The van der Waals surface area contributed by atoms with E-state index in [9.17, 15) is 4.79 Å². The smallest absolute Gasteiger partial charge is 0.248 e. The van der Waals surface area contributed by atoms with E-state index in [4.69, 9.17) is 4.74 Å². The Kier molecular flexibility index (Phi) is 5.07. The van der Waals surface area contributed by atoms with Crippen LogP contribution in [0.2, 0.25) is 0 Å². The number of carbonyl (C=O) groups excluding carboxylic acids is 1. The van der Waals surface area contributed by atoms with Gasteiger partial charge in [0.15, 0.2) is 0 Å². The molecule has 0 heterocycles. The Hall–Kier alpha value is -2.03. The van der Waals surface area contributed by atoms with Crippen LogP contribution in [0.4, 0.5) is 5.69 Å². The monoisotopic (exact) mass is 299 g/mol. The maximum atomic E-state index is 12.1. The van der Waals surface area contributed by atoms with Crippen molar-refractivity contribution >= 4 is 11.6 Å². The highest BCUT2D eigenvalue weighted by Gasteiger charge is 2.26. The van der Waals surface area contributed by atoms with Gasteiger partial charge >= 0.3 is 0 Å². The number of allylic oxidation sites excluding steroid dienone is 3. The molecule has 0 aromatic heterocycles. The fourth-order valence-corrected chi connectivity index (χ4v) is 3.05. The molecule has 1 aromatic carbocycles. The van der Waals surface area contributed by atoms with Crippen LogP contribution in [0.5, 0.6) is 5.75 Å². The molecule has 118 valence electrons. The Morgan fingerprint density at radius 1 is 1.36 bits per heavy atom. The molecule has 0 saturated carbocycles. The van der Waals surface area contributed by atoms with Crippen molar-refractivity contribution in [1.82, 2.24) is 0 Å². The van der Waals surface area contributed by atoms with Crippen molar-refractivity contribution in [3.63, 3.8) is 0 Å². The summed E-state index contributed by atoms with van der Waals surface area (Å²) < 4.78 is 5.16. The van der Waals surface area contributed by atoms with Crippen molar-refractivity contribution in [2.45, 2.75) is 40.0 Å². The molecule has 1 N–H and O–H groups in total. The number of methoxy groups -OCH3 is 1. The van der Waals surface area contributed by atoms with Crippen LogP contribution >= 0.6 is 0 Å². The number of rotatable bonds is 4. The molecule has 1 aliphatic rings. The van der Waals surface area contributed by atoms with Crippen LogP contribution in [0, 0.1) is 5.41 Å². The number of benzene rings is 1. The number of hydrogen-bond acceptors (Lipinski definition) is 2. The normalized spacial score (nSPS) is 17.6. The van der Waals surface area contributed by atoms with Crippen LogP contribution in [-0.2, 0) is 4.79 Å². The van der Waals surface area contributed by atoms with E-state index in [2.05, 4.69) is 26.1 Å². The van der Waals surface area contributed by atoms with Gasteiger partial charge < -0.3 is 10.1 Å². The number of nitrogens with one attached hydrogen (secondary N) is 1. The minimum Gasteiger partial charge on any atom is -0.497 e. The summed E-state index contributed by atoms with van der Waals surface area (Å²) >= 11 is 0. The van der Waals surface area contributed by atoms with Crippen molar-refractivity contribution in [2.75, 3.05) is 12.4 Å². The third kappa shape index (κ3) is 4.00.